The van der Waals surface area contributed by atoms with Crippen molar-refractivity contribution in [2.45, 2.75) is 51.0 Å². The van der Waals surface area contributed by atoms with Crippen LogP contribution in [0.2, 0.25) is 0 Å². The van der Waals surface area contributed by atoms with Gasteiger partial charge in [0.1, 0.15) is 11.5 Å². The first-order valence-corrected chi connectivity index (χ1v) is 7.96. The molecule has 0 saturated heterocycles. The molecule has 4 nitrogen and oxygen atoms in total. The molecule has 3 N–H and O–H groups in total. The summed E-state index contributed by atoms with van der Waals surface area (Å²) < 4.78 is 10.8. The molecule has 0 radical (unpaired) electrons. The molecule has 4 heteroatoms. The van der Waals surface area contributed by atoms with Crippen molar-refractivity contribution in [3.63, 3.8) is 0 Å². The number of benzene rings is 1. The van der Waals surface area contributed by atoms with Crippen LogP contribution in [0.25, 0.3) is 0 Å². The first-order valence-electron chi connectivity index (χ1n) is 7.96. The van der Waals surface area contributed by atoms with Crippen molar-refractivity contribution in [1.82, 2.24) is 5.43 Å². The number of rotatable bonds is 6. The molecule has 1 unspecified atom stereocenters. The van der Waals surface area contributed by atoms with Crippen LogP contribution in [0.4, 0.5) is 0 Å². The maximum Gasteiger partial charge on any atom is 0.123 e. The van der Waals surface area contributed by atoms with Crippen molar-refractivity contribution in [2.75, 3.05) is 14.2 Å². The molecule has 1 atom stereocenters. The minimum Gasteiger partial charge on any atom is -0.497 e. The smallest absolute Gasteiger partial charge is 0.123 e. The molecular formula is C17H28N2O2. The number of methoxy groups -OCH3 is 2. The maximum atomic E-state index is 5.83. The summed E-state index contributed by atoms with van der Waals surface area (Å²) in [6.07, 6.45) is 9.11. The predicted molar refractivity (Wildman–Crippen MR) is 85.4 cm³/mol. The molecule has 1 aliphatic rings. The average Bonchev–Trinajstić information content (AvgIpc) is 2.80. The van der Waals surface area contributed by atoms with E-state index in [1.165, 1.54) is 38.5 Å². The van der Waals surface area contributed by atoms with Crippen molar-refractivity contribution in [2.24, 2.45) is 11.8 Å². The third kappa shape index (κ3) is 4.35. The Labute approximate surface area is 128 Å². The third-order valence-electron chi connectivity index (χ3n) is 4.56. The lowest BCUT2D eigenvalue weighted by atomic mass is 9.89. The second-order valence-electron chi connectivity index (χ2n) is 5.92. The molecule has 0 amide bonds. The Kier molecular flexibility index (Phi) is 6.33. The van der Waals surface area contributed by atoms with E-state index in [-0.39, 0.29) is 6.04 Å². The highest BCUT2D eigenvalue weighted by molar-refractivity contribution is 5.42. The summed E-state index contributed by atoms with van der Waals surface area (Å²) in [5.41, 5.74) is 4.06. The van der Waals surface area contributed by atoms with Crippen molar-refractivity contribution in [1.29, 1.82) is 0 Å². The van der Waals surface area contributed by atoms with E-state index in [2.05, 4.69) is 5.43 Å². The molecule has 1 saturated carbocycles. The molecule has 118 valence electrons. The molecule has 0 aromatic heterocycles. The van der Waals surface area contributed by atoms with Gasteiger partial charge in [0.05, 0.1) is 20.3 Å². The third-order valence-corrected chi connectivity index (χ3v) is 4.56. The number of nitrogens with two attached hydrogens (primary N) is 1. The van der Waals surface area contributed by atoms with Crippen LogP contribution in [0, 0.1) is 5.92 Å². The molecule has 1 aromatic rings. The summed E-state index contributed by atoms with van der Waals surface area (Å²) in [6, 6.07) is 6.01. The van der Waals surface area contributed by atoms with Crippen LogP contribution in [-0.2, 0) is 0 Å². The summed E-state index contributed by atoms with van der Waals surface area (Å²) in [4.78, 5) is 0. The van der Waals surface area contributed by atoms with Crippen LogP contribution >= 0.6 is 0 Å². The fraction of sp³-hybridized carbons (Fsp3) is 0.647. The molecule has 0 spiro atoms. The molecule has 21 heavy (non-hydrogen) atoms. The summed E-state index contributed by atoms with van der Waals surface area (Å²) in [5.74, 6) is 8.28. The zero-order chi connectivity index (χ0) is 15.1. The Hall–Kier alpha value is -1.26. The van der Waals surface area contributed by atoms with E-state index >= 15 is 0 Å². The number of hydrogen-bond donors (Lipinski definition) is 2. The lowest BCUT2D eigenvalue weighted by molar-refractivity contribution is 0.342. The Morgan fingerprint density at radius 3 is 2.43 bits per heavy atom. The van der Waals surface area contributed by atoms with Crippen molar-refractivity contribution in [3.8, 4) is 11.5 Å². The van der Waals surface area contributed by atoms with E-state index in [9.17, 15) is 0 Å². The fourth-order valence-electron chi connectivity index (χ4n) is 3.33. The van der Waals surface area contributed by atoms with Gasteiger partial charge in [-0.25, -0.2) is 0 Å². The lowest BCUT2D eigenvalue weighted by Gasteiger charge is -2.24. The minimum atomic E-state index is 0.109. The van der Waals surface area contributed by atoms with E-state index in [0.717, 1.165) is 29.4 Å². The standard InChI is InChI=1S/C17H28N2O2/c1-20-14-9-10-17(21-2)15(12-14)16(19-18)11-13-7-5-3-4-6-8-13/h9-10,12-13,16,19H,3-8,11,18H2,1-2H3. The average molecular weight is 292 g/mol. The van der Waals surface area contributed by atoms with Crippen molar-refractivity contribution < 1.29 is 9.47 Å². The number of hydrogen-bond acceptors (Lipinski definition) is 4. The second kappa shape index (κ2) is 8.25. The minimum absolute atomic E-state index is 0.109. The molecule has 1 fully saturated rings. The predicted octanol–water partition coefficient (Wildman–Crippen LogP) is 3.57. The van der Waals surface area contributed by atoms with Gasteiger partial charge in [-0.05, 0) is 30.5 Å². The first-order chi connectivity index (χ1) is 10.3. The largest absolute Gasteiger partial charge is 0.497 e. The van der Waals surface area contributed by atoms with E-state index in [1.54, 1.807) is 14.2 Å². The highest BCUT2D eigenvalue weighted by Gasteiger charge is 2.21. The van der Waals surface area contributed by atoms with Gasteiger partial charge >= 0.3 is 0 Å². The van der Waals surface area contributed by atoms with E-state index < -0.39 is 0 Å². The normalized spacial score (nSPS) is 18.0. The van der Waals surface area contributed by atoms with E-state index in [1.807, 2.05) is 18.2 Å². The highest BCUT2D eigenvalue weighted by Crippen LogP contribution is 2.35. The van der Waals surface area contributed by atoms with Gasteiger partial charge in [0.2, 0.25) is 0 Å². The van der Waals surface area contributed by atoms with E-state index in [4.69, 9.17) is 15.3 Å². The van der Waals surface area contributed by atoms with E-state index in [0.29, 0.717) is 0 Å². The van der Waals surface area contributed by atoms with Crippen LogP contribution in [0.1, 0.15) is 56.6 Å². The SMILES string of the molecule is COc1ccc(OC)c(C(CC2CCCCCC2)NN)c1. The molecule has 0 bridgehead atoms. The van der Waals surface area contributed by atoms with Crippen LogP contribution in [0.3, 0.4) is 0 Å². The van der Waals surface area contributed by atoms with Gasteiger partial charge in [-0.2, -0.15) is 0 Å². The first kappa shape index (κ1) is 16.1. The Morgan fingerprint density at radius 2 is 1.86 bits per heavy atom. The van der Waals surface area contributed by atoms with Crippen molar-refractivity contribution >= 4 is 0 Å². The summed E-state index contributed by atoms with van der Waals surface area (Å²) in [7, 11) is 3.38. The number of ether oxygens (including phenoxy) is 2. The van der Waals surface area contributed by atoms with Gasteiger partial charge in [0.25, 0.3) is 0 Å². The molecule has 1 aromatic carbocycles. The quantitative estimate of drug-likeness (QED) is 0.478. The monoisotopic (exact) mass is 292 g/mol. The summed E-state index contributed by atoms with van der Waals surface area (Å²) in [5, 5.41) is 0. The van der Waals surface area contributed by atoms with Crippen LogP contribution < -0.4 is 20.7 Å². The summed E-state index contributed by atoms with van der Waals surface area (Å²) in [6.45, 7) is 0. The zero-order valence-electron chi connectivity index (χ0n) is 13.2. The lowest BCUT2D eigenvalue weighted by Crippen LogP contribution is -2.30. The fourth-order valence-corrected chi connectivity index (χ4v) is 3.33. The number of nitrogens with one attached hydrogen (secondary N) is 1. The van der Waals surface area contributed by atoms with Gasteiger partial charge in [-0.3, -0.25) is 11.3 Å². The van der Waals surface area contributed by atoms with Gasteiger partial charge in [-0.15, -0.1) is 0 Å². The Morgan fingerprint density at radius 1 is 1.14 bits per heavy atom. The second-order valence-corrected chi connectivity index (χ2v) is 5.92. The van der Waals surface area contributed by atoms with Gasteiger partial charge in [0.15, 0.2) is 0 Å². The molecule has 0 heterocycles. The zero-order valence-corrected chi connectivity index (χ0v) is 13.2. The Balaban J connectivity index is 2.15. The topological polar surface area (TPSA) is 56.5 Å². The van der Waals surface area contributed by atoms with Gasteiger partial charge < -0.3 is 9.47 Å². The molecule has 2 rings (SSSR count). The van der Waals surface area contributed by atoms with Crippen LogP contribution in [0.5, 0.6) is 11.5 Å². The van der Waals surface area contributed by atoms with Crippen molar-refractivity contribution in [3.05, 3.63) is 23.8 Å². The molecular weight excluding hydrogens is 264 g/mol. The summed E-state index contributed by atoms with van der Waals surface area (Å²) >= 11 is 0. The molecule has 1 aliphatic carbocycles. The maximum absolute atomic E-state index is 5.83. The van der Waals surface area contributed by atoms with Crippen LogP contribution in [0.15, 0.2) is 18.2 Å². The highest BCUT2D eigenvalue weighted by atomic mass is 16.5. The molecule has 0 aliphatic heterocycles. The number of hydrazine groups is 1. The van der Waals surface area contributed by atoms with Crippen LogP contribution in [-0.4, -0.2) is 14.2 Å². The van der Waals surface area contributed by atoms with Gasteiger partial charge in [0, 0.05) is 5.56 Å². The van der Waals surface area contributed by atoms with Gasteiger partial charge in [-0.1, -0.05) is 38.5 Å². The Bertz CT molecular complexity index is 429.